The van der Waals surface area contributed by atoms with Gasteiger partial charge in [-0.05, 0) is 47.3 Å². The fraction of sp³-hybridized carbons (Fsp3) is 0.467. The molecule has 0 aliphatic heterocycles. The largest absolute Gasteiger partial charge is 0.493 e. The van der Waals surface area contributed by atoms with Crippen LogP contribution in [0.5, 0.6) is 11.5 Å². The molecule has 0 radical (unpaired) electrons. The minimum atomic E-state index is -0.800. The van der Waals surface area contributed by atoms with Gasteiger partial charge >= 0.3 is 5.97 Å². The molecule has 1 saturated carbocycles. The number of aliphatic carboxylic acids is 1. The van der Waals surface area contributed by atoms with Gasteiger partial charge in [0.05, 0.1) is 24.6 Å². The second kappa shape index (κ2) is 7.00. The molecule has 2 rings (SSSR count). The monoisotopic (exact) mass is 371 g/mol. The molecule has 0 heterocycles. The van der Waals surface area contributed by atoms with Crippen molar-refractivity contribution in [2.75, 3.05) is 14.2 Å². The number of rotatable bonds is 5. The lowest BCUT2D eigenvalue weighted by Crippen LogP contribution is -2.33. The number of carbonyl (C=O) groups excluding carboxylic acids is 1. The summed E-state index contributed by atoms with van der Waals surface area (Å²) >= 11 is 3.35. The molecule has 0 spiro atoms. The van der Waals surface area contributed by atoms with E-state index >= 15 is 0 Å². The molecule has 1 aromatic carbocycles. The number of carboxylic acid groups (broad SMARTS) is 1. The average molecular weight is 372 g/mol. The lowest BCUT2D eigenvalue weighted by atomic mass is 10.1. The van der Waals surface area contributed by atoms with E-state index in [0.29, 0.717) is 40.8 Å². The van der Waals surface area contributed by atoms with Crippen LogP contribution in [-0.2, 0) is 4.79 Å². The molecule has 1 amide bonds. The Labute approximate surface area is 136 Å². The summed E-state index contributed by atoms with van der Waals surface area (Å²) in [6.07, 6.45) is 1.74. The number of nitrogens with one attached hydrogen (secondary N) is 1. The van der Waals surface area contributed by atoms with Crippen molar-refractivity contribution >= 4 is 27.8 Å². The fourth-order valence-electron chi connectivity index (χ4n) is 2.65. The molecule has 1 fully saturated rings. The fourth-order valence-corrected chi connectivity index (χ4v) is 3.26. The summed E-state index contributed by atoms with van der Waals surface area (Å²) in [6.45, 7) is 0. The van der Waals surface area contributed by atoms with E-state index in [4.69, 9.17) is 14.6 Å². The van der Waals surface area contributed by atoms with Crippen molar-refractivity contribution in [3.63, 3.8) is 0 Å². The summed E-state index contributed by atoms with van der Waals surface area (Å²) in [5, 5.41) is 11.9. The highest BCUT2D eigenvalue weighted by molar-refractivity contribution is 9.10. The molecule has 1 aromatic rings. The third-order valence-electron chi connectivity index (χ3n) is 3.81. The van der Waals surface area contributed by atoms with Crippen LogP contribution < -0.4 is 14.8 Å². The molecule has 0 unspecified atom stereocenters. The number of hydrogen-bond acceptors (Lipinski definition) is 4. The first-order valence-electron chi connectivity index (χ1n) is 6.91. The Bertz CT molecular complexity index is 590. The molecule has 0 saturated heterocycles. The van der Waals surface area contributed by atoms with Gasteiger partial charge < -0.3 is 19.9 Å². The van der Waals surface area contributed by atoms with Crippen molar-refractivity contribution < 1.29 is 24.2 Å². The van der Waals surface area contributed by atoms with E-state index in [1.54, 1.807) is 12.1 Å². The molecule has 6 nitrogen and oxygen atoms in total. The third-order valence-corrected chi connectivity index (χ3v) is 4.40. The Kier molecular flexibility index (Phi) is 5.28. The third kappa shape index (κ3) is 3.52. The van der Waals surface area contributed by atoms with Crippen LogP contribution >= 0.6 is 15.9 Å². The van der Waals surface area contributed by atoms with Crippen LogP contribution in [0, 0.1) is 5.92 Å². The zero-order chi connectivity index (χ0) is 16.3. The van der Waals surface area contributed by atoms with Crippen molar-refractivity contribution in [3.05, 3.63) is 22.2 Å². The first-order chi connectivity index (χ1) is 10.5. The van der Waals surface area contributed by atoms with Crippen molar-refractivity contribution in [2.45, 2.75) is 25.3 Å². The van der Waals surface area contributed by atoms with Crippen molar-refractivity contribution in [1.29, 1.82) is 0 Å². The zero-order valence-corrected chi connectivity index (χ0v) is 14.0. The first-order valence-corrected chi connectivity index (χ1v) is 7.70. The van der Waals surface area contributed by atoms with Crippen LogP contribution in [0.15, 0.2) is 16.6 Å². The van der Waals surface area contributed by atoms with E-state index < -0.39 is 5.97 Å². The van der Waals surface area contributed by atoms with E-state index in [1.807, 2.05) is 0 Å². The highest BCUT2D eigenvalue weighted by Gasteiger charge is 2.30. The maximum Gasteiger partial charge on any atom is 0.306 e. The lowest BCUT2D eigenvalue weighted by molar-refractivity contribution is -0.141. The van der Waals surface area contributed by atoms with E-state index in [9.17, 15) is 9.59 Å². The lowest BCUT2D eigenvalue weighted by Gasteiger charge is -2.15. The average Bonchev–Trinajstić information content (AvgIpc) is 2.94. The number of carboxylic acids is 1. The molecular weight excluding hydrogens is 354 g/mol. The minimum absolute atomic E-state index is 0.111. The van der Waals surface area contributed by atoms with E-state index in [2.05, 4.69) is 21.2 Å². The predicted octanol–water partition coefficient (Wildman–Crippen LogP) is 2.45. The Balaban J connectivity index is 2.10. The van der Waals surface area contributed by atoms with Gasteiger partial charge in [-0.25, -0.2) is 0 Å². The van der Waals surface area contributed by atoms with Gasteiger partial charge in [0, 0.05) is 11.6 Å². The Hall–Kier alpha value is -1.76. The molecule has 2 N–H and O–H groups in total. The number of methoxy groups -OCH3 is 2. The smallest absolute Gasteiger partial charge is 0.306 e. The molecular formula is C15H18BrNO5. The topological polar surface area (TPSA) is 84.9 Å². The highest BCUT2D eigenvalue weighted by Crippen LogP contribution is 2.36. The molecule has 0 aromatic heterocycles. The second-order valence-corrected chi connectivity index (χ2v) is 6.07. The molecule has 7 heteroatoms. The van der Waals surface area contributed by atoms with E-state index in [1.165, 1.54) is 14.2 Å². The molecule has 1 aliphatic rings. The van der Waals surface area contributed by atoms with Crippen LogP contribution in [0.2, 0.25) is 0 Å². The van der Waals surface area contributed by atoms with Crippen LogP contribution in [-0.4, -0.2) is 37.2 Å². The Morgan fingerprint density at radius 2 is 2.00 bits per heavy atom. The quantitative estimate of drug-likeness (QED) is 0.830. The van der Waals surface area contributed by atoms with Gasteiger partial charge in [0.25, 0.3) is 5.91 Å². The van der Waals surface area contributed by atoms with Gasteiger partial charge in [0.1, 0.15) is 0 Å². The van der Waals surface area contributed by atoms with E-state index in [0.717, 1.165) is 0 Å². The number of carbonyl (C=O) groups is 2. The van der Waals surface area contributed by atoms with Crippen LogP contribution in [0.4, 0.5) is 0 Å². The number of ether oxygens (including phenoxy) is 2. The first kappa shape index (κ1) is 16.6. The number of benzene rings is 1. The van der Waals surface area contributed by atoms with Crippen molar-refractivity contribution in [2.24, 2.45) is 5.92 Å². The predicted molar refractivity (Wildman–Crippen MR) is 83.5 cm³/mol. The second-order valence-electron chi connectivity index (χ2n) is 5.21. The molecule has 0 bridgehead atoms. The summed E-state index contributed by atoms with van der Waals surface area (Å²) < 4.78 is 11.0. The van der Waals surface area contributed by atoms with Gasteiger partial charge in [-0.15, -0.1) is 0 Å². The van der Waals surface area contributed by atoms with Crippen LogP contribution in [0.25, 0.3) is 0 Å². The molecule has 120 valence electrons. The van der Waals surface area contributed by atoms with Crippen LogP contribution in [0.1, 0.15) is 29.6 Å². The van der Waals surface area contributed by atoms with Gasteiger partial charge in [0.15, 0.2) is 11.5 Å². The van der Waals surface area contributed by atoms with Crippen molar-refractivity contribution in [1.82, 2.24) is 5.32 Å². The summed E-state index contributed by atoms with van der Waals surface area (Å²) in [6, 6.07) is 3.14. The van der Waals surface area contributed by atoms with Crippen LogP contribution in [0.3, 0.4) is 0 Å². The van der Waals surface area contributed by atoms with Gasteiger partial charge in [-0.1, -0.05) is 0 Å². The minimum Gasteiger partial charge on any atom is -0.493 e. The molecule has 2 atom stereocenters. The molecule has 1 aliphatic carbocycles. The SMILES string of the molecule is COc1cc(C(=O)N[C@H]2CC[C@@H](C(=O)O)C2)cc(Br)c1OC. The number of amides is 1. The standard InChI is InChI=1S/C15H18BrNO5/c1-21-12-7-9(6-11(16)13(12)22-2)14(18)17-10-4-3-8(5-10)15(19)20/h6-8,10H,3-5H2,1-2H3,(H,17,18)(H,19,20)/t8-,10+/m1/s1. The number of halogens is 1. The maximum absolute atomic E-state index is 12.3. The number of hydrogen-bond donors (Lipinski definition) is 2. The maximum atomic E-state index is 12.3. The van der Waals surface area contributed by atoms with Gasteiger partial charge in [-0.2, -0.15) is 0 Å². The summed E-state index contributed by atoms with van der Waals surface area (Å²) in [4.78, 5) is 23.3. The molecule has 22 heavy (non-hydrogen) atoms. The normalized spacial score (nSPS) is 20.5. The zero-order valence-electron chi connectivity index (χ0n) is 12.4. The van der Waals surface area contributed by atoms with Gasteiger partial charge in [0.2, 0.25) is 0 Å². The summed E-state index contributed by atoms with van der Waals surface area (Å²) in [5.41, 5.74) is 0.434. The summed E-state index contributed by atoms with van der Waals surface area (Å²) in [7, 11) is 3.02. The van der Waals surface area contributed by atoms with E-state index in [-0.39, 0.29) is 17.9 Å². The summed E-state index contributed by atoms with van der Waals surface area (Å²) in [5.74, 6) is -0.451. The van der Waals surface area contributed by atoms with Crippen molar-refractivity contribution in [3.8, 4) is 11.5 Å². The Morgan fingerprint density at radius 3 is 2.55 bits per heavy atom. The Morgan fingerprint density at radius 1 is 1.27 bits per heavy atom. The highest BCUT2D eigenvalue weighted by atomic mass is 79.9. The van der Waals surface area contributed by atoms with Gasteiger partial charge in [-0.3, -0.25) is 9.59 Å².